The van der Waals surface area contributed by atoms with Gasteiger partial charge in [0.05, 0.1) is 6.26 Å². The van der Waals surface area contributed by atoms with Gasteiger partial charge in [-0.3, -0.25) is 9.89 Å². The largest absolute Gasteiger partial charge is 0.356 e. The van der Waals surface area contributed by atoms with E-state index in [4.69, 9.17) is 0 Å². The first kappa shape index (κ1) is 22.9. The van der Waals surface area contributed by atoms with Crippen LogP contribution in [0.1, 0.15) is 27.2 Å². The zero-order chi connectivity index (χ0) is 17.9. The Balaban J connectivity index is 0.00000312. The molecule has 2 N–H and O–H groups in total. The first-order valence-electron chi connectivity index (χ1n) is 8.87. The fourth-order valence-electron chi connectivity index (χ4n) is 3.49. The van der Waals surface area contributed by atoms with Gasteiger partial charge in [0.2, 0.25) is 10.0 Å². The average Bonchev–Trinajstić information content (AvgIpc) is 3.10. The first-order valence-corrected chi connectivity index (χ1v) is 10.7. The Hall–Kier alpha value is -0.130. The second kappa shape index (κ2) is 9.70. The lowest BCUT2D eigenvalue weighted by Crippen LogP contribution is -2.48. The van der Waals surface area contributed by atoms with Crippen molar-refractivity contribution < 1.29 is 8.42 Å². The van der Waals surface area contributed by atoms with E-state index in [1.165, 1.54) is 6.26 Å². The SMILES string of the molecule is CN=C(NCC1CCN(S(C)(=O)=O)C1)NC1CN(C(C)C)CC1C.I. The van der Waals surface area contributed by atoms with Crippen molar-refractivity contribution in [2.45, 2.75) is 39.3 Å². The molecule has 0 bridgehead atoms. The summed E-state index contributed by atoms with van der Waals surface area (Å²) < 4.78 is 24.7. The van der Waals surface area contributed by atoms with Crippen molar-refractivity contribution in [1.82, 2.24) is 19.8 Å². The van der Waals surface area contributed by atoms with Crippen molar-refractivity contribution in [3.05, 3.63) is 0 Å². The average molecular weight is 487 g/mol. The third-order valence-corrected chi connectivity index (χ3v) is 6.46. The maximum absolute atomic E-state index is 11.6. The molecule has 7 nitrogen and oxygen atoms in total. The van der Waals surface area contributed by atoms with Crippen LogP contribution in [0.25, 0.3) is 0 Å². The maximum Gasteiger partial charge on any atom is 0.211 e. The van der Waals surface area contributed by atoms with Crippen LogP contribution in [0.5, 0.6) is 0 Å². The predicted molar refractivity (Wildman–Crippen MR) is 114 cm³/mol. The van der Waals surface area contributed by atoms with Crippen LogP contribution in [0.2, 0.25) is 0 Å². The quantitative estimate of drug-likeness (QED) is 0.341. The van der Waals surface area contributed by atoms with Crippen LogP contribution in [0, 0.1) is 11.8 Å². The summed E-state index contributed by atoms with van der Waals surface area (Å²) in [4.78, 5) is 6.81. The Morgan fingerprint density at radius 1 is 1.28 bits per heavy atom. The summed E-state index contributed by atoms with van der Waals surface area (Å²) in [5, 5.41) is 6.90. The molecule has 0 amide bonds. The standard InChI is InChI=1S/C16H33N5O2S.HI/c1-12(2)20-9-13(3)15(11-20)19-16(17-4)18-8-14-6-7-21(10-14)24(5,22)23;/h12-15H,6-11H2,1-5H3,(H2,17,18,19);1H. The molecular weight excluding hydrogens is 453 g/mol. The van der Waals surface area contributed by atoms with Crippen LogP contribution in [0.15, 0.2) is 4.99 Å². The fourth-order valence-corrected chi connectivity index (χ4v) is 4.41. The lowest BCUT2D eigenvalue weighted by Gasteiger charge is -2.22. The summed E-state index contributed by atoms with van der Waals surface area (Å²) >= 11 is 0. The Morgan fingerprint density at radius 3 is 2.44 bits per heavy atom. The molecular formula is C16H34IN5O2S. The van der Waals surface area contributed by atoms with Gasteiger partial charge in [-0.05, 0) is 32.1 Å². The third-order valence-electron chi connectivity index (χ3n) is 5.19. The smallest absolute Gasteiger partial charge is 0.211 e. The van der Waals surface area contributed by atoms with Crippen molar-refractivity contribution >= 4 is 40.0 Å². The van der Waals surface area contributed by atoms with Crippen LogP contribution in [0.4, 0.5) is 0 Å². The lowest BCUT2D eigenvalue weighted by atomic mass is 10.1. The highest BCUT2D eigenvalue weighted by molar-refractivity contribution is 14.0. The molecule has 3 unspecified atom stereocenters. The van der Waals surface area contributed by atoms with Crippen molar-refractivity contribution in [1.29, 1.82) is 0 Å². The topological polar surface area (TPSA) is 77.0 Å². The molecule has 0 saturated carbocycles. The summed E-state index contributed by atoms with van der Waals surface area (Å²) in [6.07, 6.45) is 2.18. The first-order chi connectivity index (χ1) is 11.2. The van der Waals surface area contributed by atoms with Crippen LogP contribution < -0.4 is 10.6 Å². The second-order valence-electron chi connectivity index (χ2n) is 7.50. The molecule has 2 saturated heterocycles. The number of halogens is 1. The maximum atomic E-state index is 11.6. The normalized spacial score (nSPS) is 29.0. The minimum atomic E-state index is -3.07. The molecule has 3 atom stereocenters. The number of hydrogen-bond acceptors (Lipinski definition) is 4. The van der Waals surface area contributed by atoms with E-state index in [0.29, 0.717) is 37.0 Å². The number of hydrogen-bond donors (Lipinski definition) is 2. The zero-order valence-electron chi connectivity index (χ0n) is 16.0. The van der Waals surface area contributed by atoms with E-state index >= 15 is 0 Å². The number of guanidine groups is 1. The number of rotatable bonds is 5. The molecule has 148 valence electrons. The molecule has 0 aromatic carbocycles. The van der Waals surface area contributed by atoms with Crippen molar-refractivity contribution in [3.8, 4) is 0 Å². The Bertz CT molecular complexity index is 555. The van der Waals surface area contributed by atoms with Crippen LogP contribution in [0.3, 0.4) is 0 Å². The van der Waals surface area contributed by atoms with Crippen LogP contribution >= 0.6 is 24.0 Å². The highest BCUT2D eigenvalue weighted by Gasteiger charge is 2.32. The summed E-state index contributed by atoms with van der Waals surface area (Å²) in [5.41, 5.74) is 0. The number of aliphatic imine (C=N–C) groups is 1. The van der Waals surface area contributed by atoms with E-state index < -0.39 is 10.0 Å². The molecule has 2 heterocycles. The minimum absolute atomic E-state index is 0. The molecule has 0 aliphatic carbocycles. The van der Waals surface area contributed by atoms with Gasteiger partial charge >= 0.3 is 0 Å². The van der Waals surface area contributed by atoms with Gasteiger partial charge in [-0.1, -0.05) is 6.92 Å². The Kier molecular flexibility index (Phi) is 8.89. The van der Waals surface area contributed by atoms with E-state index in [1.807, 2.05) is 0 Å². The van der Waals surface area contributed by atoms with Gasteiger partial charge < -0.3 is 10.6 Å². The fraction of sp³-hybridized carbons (Fsp3) is 0.938. The van der Waals surface area contributed by atoms with Crippen molar-refractivity contribution in [2.24, 2.45) is 16.8 Å². The summed E-state index contributed by atoms with van der Waals surface area (Å²) in [7, 11) is -1.28. The highest BCUT2D eigenvalue weighted by Crippen LogP contribution is 2.19. The molecule has 2 fully saturated rings. The van der Waals surface area contributed by atoms with E-state index in [0.717, 1.165) is 32.0 Å². The molecule has 0 aromatic heterocycles. The summed E-state index contributed by atoms with van der Waals surface area (Å²) in [6, 6.07) is 0.962. The van der Waals surface area contributed by atoms with Gasteiger partial charge in [-0.15, -0.1) is 24.0 Å². The molecule has 0 radical (unpaired) electrons. The molecule has 0 aromatic rings. The van der Waals surface area contributed by atoms with Gasteiger partial charge in [0.25, 0.3) is 0 Å². The molecule has 2 aliphatic rings. The Morgan fingerprint density at radius 2 is 1.96 bits per heavy atom. The molecule has 2 aliphatic heterocycles. The summed E-state index contributed by atoms with van der Waals surface area (Å²) in [6.45, 7) is 10.9. The van der Waals surface area contributed by atoms with Crippen LogP contribution in [-0.2, 0) is 10.0 Å². The monoisotopic (exact) mass is 487 g/mol. The van der Waals surface area contributed by atoms with Gasteiger partial charge in [0.15, 0.2) is 5.96 Å². The zero-order valence-corrected chi connectivity index (χ0v) is 19.2. The van der Waals surface area contributed by atoms with Gasteiger partial charge in [0.1, 0.15) is 0 Å². The number of nitrogens with zero attached hydrogens (tertiary/aromatic N) is 3. The van der Waals surface area contributed by atoms with E-state index in [1.54, 1.807) is 11.4 Å². The molecule has 0 spiro atoms. The van der Waals surface area contributed by atoms with Gasteiger partial charge in [-0.2, -0.15) is 0 Å². The second-order valence-corrected chi connectivity index (χ2v) is 9.49. The van der Waals surface area contributed by atoms with Gasteiger partial charge in [0, 0.05) is 51.9 Å². The van der Waals surface area contributed by atoms with E-state index in [-0.39, 0.29) is 24.0 Å². The van der Waals surface area contributed by atoms with E-state index in [9.17, 15) is 8.42 Å². The molecule has 9 heteroatoms. The number of likely N-dealkylation sites (tertiary alicyclic amines) is 1. The highest BCUT2D eigenvalue weighted by atomic mass is 127. The molecule has 25 heavy (non-hydrogen) atoms. The van der Waals surface area contributed by atoms with Crippen molar-refractivity contribution in [2.75, 3.05) is 46.0 Å². The lowest BCUT2D eigenvalue weighted by molar-refractivity contribution is 0.265. The van der Waals surface area contributed by atoms with E-state index in [2.05, 4.69) is 41.3 Å². The summed E-state index contributed by atoms with van der Waals surface area (Å²) in [5.74, 6) is 1.74. The third kappa shape index (κ3) is 6.51. The van der Waals surface area contributed by atoms with Crippen molar-refractivity contribution in [3.63, 3.8) is 0 Å². The number of sulfonamides is 1. The number of nitrogens with one attached hydrogen (secondary N) is 2. The molecule has 2 rings (SSSR count). The Labute approximate surface area is 170 Å². The predicted octanol–water partition coefficient (Wildman–Crippen LogP) is 0.780. The minimum Gasteiger partial charge on any atom is -0.356 e. The van der Waals surface area contributed by atoms with Crippen LogP contribution in [-0.4, -0.2) is 81.7 Å². The van der Waals surface area contributed by atoms with Gasteiger partial charge in [-0.25, -0.2) is 12.7 Å².